The maximum Gasteiger partial charge on any atom is 0.225 e. The topological polar surface area (TPSA) is 80.9 Å². The number of anilines is 1. The number of hydrogen-bond donors (Lipinski definition) is 2. The van der Waals surface area contributed by atoms with E-state index in [2.05, 4.69) is 15.5 Å². The zero-order valence-electron chi connectivity index (χ0n) is 7.41. The SMILES string of the molecule is CCC(=O)Nc1nnc(CCN)s1. The summed E-state index contributed by atoms with van der Waals surface area (Å²) in [5, 5.41) is 11.7. The monoisotopic (exact) mass is 200 g/mol. The molecular weight excluding hydrogens is 188 g/mol. The fourth-order valence-electron chi connectivity index (χ4n) is 0.736. The maximum atomic E-state index is 11.0. The Hall–Kier alpha value is -1.01. The molecule has 5 nitrogen and oxygen atoms in total. The highest BCUT2D eigenvalue weighted by molar-refractivity contribution is 7.15. The van der Waals surface area contributed by atoms with E-state index in [1.807, 2.05) is 0 Å². The number of nitrogens with zero attached hydrogens (tertiary/aromatic N) is 2. The minimum Gasteiger partial charge on any atom is -0.330 e. The Morgan fingerprint density at radius 1 is 1.62 bits per heavy atom. The molecule has 1 aromatic rings. The average Bonchev–Trinajstić information content (AvgIpc) is 2.53. The van der Waals surface area contributed by atoms with Crippen molar-refractivity contribution in [1.82, 2.24) is 10.2 Å². The van der Waals surface area contributed by atoms with Gasteiger partial charge < -0.3 is 11.1 Å². The van der Waals surface area contributed by atoms with Gasteiger partial charge in [0.25, 0.3) is 0 Å². The van der Waals surface area contributed by atoms with Crippen molar-refractivity contribution >= 4 is 22.4 Å². The zero-order valence-corrected chi connectivity index (χ0v) is 8.23. The first-order valence-corrected chi connectivity index (χ1v) is 4.90. The second-order valence-corrected chi connectivity index (χ2v) is 3.50. The standard InChI is InChI=1S/C7H12N4OS/c1-2-5(12)9-7-11-10-6(13-7)3-4-8/h2-4,8H2,1H3,(H,9,11,12). The van der Waals surface area contributed by atoms with Gasteiger partial charge in [0.15, 0.2) is 0 Å². The molecule has 72 valence electrons. The van der Waals surface area contributed by atoms with Gasteiger partial charge in [-0.1, -0.05) is 18.3 Å². The molecule has 0 saturated carbocycles. The number of carbonyl (C=O) groups excluding carboxylic acids is 1. The average molecular weight is 200 g/mol. The van der Waals surface area contributed by atoms with Gasteiger partial charge in [0.05, 0.1) is 0 Å². The largest absolute Gasteiger partial charge is 0.330 e. The predicted molar refractivity (Wildman–Crippen MR) is 51.6 cm³/mol. The predicted octanol–water partition coefficient (Wildman–Crippen LogP) is 0.388. The van der Waals surface area contributed by atoms with Crippen LogP contribution in [0, 0.1) is 0 Å². The number of amides is 1. The van der Waals surface area contributed by atoms with Gasteiger partial charge in [0.1, 0.15) is 5.01 Å². The molecule has 0 atom stereocenters. The summed E-state index contributed by atoms with van der Waals surface area (Å²) in [4.78, 5) is 11.0. The number of nitrogens with one attached hydrogen (secondary N) is 1. The zero-order chi connectivity index (χ0) is 9.68. The van der Waals surface area contributed by atoms with Gasteiger partial charge in [-0.3, -0.25) is 4.79 Å². The van der Waals surface area contributed by atoms with Gasteiger partial charge in [-0.15, -0.1) is 10.2 Å². The molecule has 6 heteroatoms. The summed E-state index contributed by atoms with van der Waals surface area (Å²) in [5.74, 6) is -0.0459. The minimum atomic E-state index is -0.0459. The van der Waals surface area contributed by atoms with E-state index in [1.54, 1.807) is 6.92 Å². The summed E-state index contributed by atoms with van der Waals surface area (Å²) in [6, 6.07) is 0. The van der Waals surface area contributed by atoms with E-state index >= 15 is 0 Å². The fourth-order valence-corrected chi connectivity index (χ4v) is 1.51. The third-order valence-corrected chi connectivity index (χ3v) is 2.29. The van der Waals surface area contributed by atoms with Gasteiger partial charge in [-0.05, 0) is 6.54 Å². The summed E-state index contributed by atoms with van der Waals surface area (Å²) in [6.07, 6.45) is 1.16. The van der Waals surface area contributed by atoms with Crippen LogP contribution in [-0.2, 0) is 11.2 Å². The van der Waals surface area contributed by atoms with Crippen LogP contribution in [0.2, 0.25) is 0 Å². The van der Waals surface area contributed by atoms with Crippen molar-refractivity contribution in [2.45, 2.75) is 19.8 Å². The van der Waals surface area contributed by atoms with E-state index in [0.29, 0.717) is 24.5 Å². The van der Waals surface area contributed by atoms with E-state index in [0.717, 1.165) is 5.01 Å². The molecule has 0 aromatic carbocycles. The minimum absolute atomic E-state index is 0.0459. The first-order chi connectivity index (χ1) is 6.26. The smallest absolute Gasteiger partial charge is 0.225 e. The Labute approximate surface area is 80.4 Å². The van der Waals surface area contributed by atoms with Crippen LogP contribution in [-0.4, -0.2) is 22.6 Å². The van der Waals surface area contributed by atoms with Crippen molar-refractivity contribution in [2.75, 3.05) is 11.9 Å². The van der Waals surface area contributed by atoms with E-state index in [-0.39, 0.29) is 5.91 Å². The third kappa shape index (κ3) is 3.08. The van der Waals surface area contributed by atoms with E-state index in [1.165, 1.54) is 11.3 Å². The molecular formula is C7H12N4OS. The Bertz CT molecular complexity index is 286. The molecule has 0 aliphatic heterocycles. The molecule has 0 spiro atoms. The number of carbonyl (C=O) groups is 1. The summed E-state index contributed by atoms with van der Waals surface area (Å²) in [5.41, 5.74) is 5.35. The molecule has 0 fully saturated rings. The van der Waals surface area contributed by atoms with E-state index < -0.39 is 0 Å². The number of aromatic nitrogens is 2. The highest BCUT2D eigenvalue weighted by Gasteiger charge is 2.05. The second kappa shape index (κ2) is 4.88. The Kier molecular flexibility index (Phi) is 3.78. The van der Waals surface area contributed by atoms with Crippen molar-refractivity contribution in [1.29, 1.82) is 0 Å². The Morgan fingerprint density at radius 3 is 3.00 bits per heavy atom. The van der Waals surface area contributed by atoms with E-state index in [9.17, 15) is 4.79 Å². The number of hydrogen-bond acceptors (Lipinski definition) is 5. The first-order valence-electron chi connectivity index (χ1n) is 4.08. The van der Waals surface area contributed by atoms with Crippen LogP contribution in [0.4, 0.5) is 5.13 Å². The van der Waals surface area contributed by atoms with Crippen molar-refractivity contribution < 1.29 is 4.79 Å². The molecule has 0 bridgehead atoms. The molecule has 0 aliphatic carbocycles. The van der Waals surface area contributed by atoms with Crippen LogP contribution in [0.15, 0.2) is 0 Å². The summed E-state index contributed by atoms with van der Waals surface area (Å²) in [7, 11) is 0. The Morgan fingerprint density at radius 2 is 2.38 bits per heavy atom. The first kappa shape index (κ1) is 10.1. The van der Waals surface area contributed by atoms with Crippen LogP contribution in [0.5, 0.6) is 0 Å². The molecule has 0 unspecified atom stereocenters. The van der Waals surface area contributed by atoms with Gasteiger partial charge >= 0.3 is 0 Å². The summed E-state index contributed by atoms with van der Waals surface area (Å²) < 4.78 is 0. The molecule has 1 heterocycles. The highest BCUT2D eigenvalue weighted by Crippen LogP contribution is 2.15. The maximum absolute atomic E-state index is 11.0. The lowest BCUT2D eigenvalue weighted by Crippen LogP contribution is -2.08. The lowest BCUT2D eigenvalue weighted by molar-refractivity contribution is -0.115. The van der Waals surface area contributed by atoms with Crippen molar-refractivity contribution in [3.8, 4) is 0 Å². The molecule has 1 aromatic heterocycles. The van der Waals surface area contributed by atoms with Gasteiger partial charge in [0.2, 0.25) is 11.0 Å². The van der Waals surface area contributed by atoms with Crippen LogP contribution >= 0.6 is 11.3 Å². The fraction of sp³-hybridized carbons (Fsp3) is 0.571. The third-order valence-electron chi connectivity index (χ3n) is 1.39. The molecule has 0 radical (unpaired) electrons. The van der Waals surface area contributed by atoms with Crippen LogP contribution < -0.4 is 11.1 Å². The molecule has 1 amide bonds. The van der Waals surface area contributed by atoms with E-state index in [4.69, 9.17) is 5.73 Å². The molecule has 1 rings (SSSR count). The molecule has 3 N–H and O–H groups in total. The van der Waals surface area contributed by atoms with Crippen LogP contribution in [0.1, 0.15) is 18.4 Å². The van der Waals surface area contributed by atoms with Crippen molar-refractivity contribution in [3.63, 3.8) is 0 Å². The van der Waals surface area contributed by atoms with Gasteiger partial charge in [0, 0.05) is 12.8 Å². The Balaban J connectivity index is 2.53. The lowest BCUT2D eigenvalue weighted by atomic mass is 10.5. The normalized spacial score (nSPS) is 10.0. The molecule has 0 saturated heterocycles. The lowest BCUT2D eigenvalue weighted by Gasteiger charge is -1.94. The highest BCUT2D eigenvalue weighted by atomic mass is 32.1. The summed E-state index contributed by atoms with van der Waals surface area (Å²) in [6.45, 7) is 2.34. The van der Waals surface area contributed by atoms with Crippen LogP contribution in [0.3, 0.4) is 0 Å². The van der Waals surface area contributed by atoms with Gasteiger partial charge in [-0.2, -0.15) is 0 Å². The van der Waals surface area contributed by atoms with Gasteiger partial charge in [-0.25, -0.2) is 0 Å². The number of rotatable bonds is 4. The van der Waals surface area contributed by atoms with Crippen LogP contribution in [0.25, 0.3) is 0 Å². The van der Waals surface area contributed by atoms with Crippen molar-refractivity contribution in [2.24, 2.45) is 5.73 Å². The quantitative estimate of drug-likeness (QED) is 0.736. The summed E-state index contributed by atoms with van der Waals surface area (Å²) >= 11 is 1.37. The second-order valence-electron chi connectivity index (χ2n) is 2.44. The molecule has 13 heavy (non-hydrogen) atoms. The number of nitrogens with two attached hydrogens (primary N) is 1. The van der Waals surface area contributed by atoms with Crippen molar-refractivity contribution in [3.05, 3.63) is 5.01 Å². The molecule has 0 aliphatic rings.